The zero-order valence-corrected chi connectivity index (χ0v) is 12.7. The van der Waals surface area contributed by atoms with Crippen molar-refractivity contribution < 1.29 is 0 Å². The lowest BCUT2D eigenvalue weighted by atomic mass is 10.0. The summed E-state index contributed by atoms with van der Waals surface area (Å²) < 4.78 is 1.21. The monoisotopic (exact) mass is 283 g/mol. The quantitative estimate of drug-likeness (QED) is 0.728. The molecule has 0 saturated carbocycles. The number of nitrogen functional groups attached to an aromatic ring is 1. The van der Waals surface area contributed by atoms with Crippen molar-refractivity contribution in [1.82, 2.24) is 9.97 Å². The Morgan fingerprint density at radius 3 is 2.65 bits per heavy atom. The Balaban J connectivity index is 2.12. The Hall–Kier alpha value is -1.94. The summed E-state index contributed by atoms with van der Waals surface area (Å²) in [6.45, 7) is 6.24. The fraction of sp³-hybridized carbons (Fsp3) is 0.250. The van der Waals surface area contributed by atoms with Crippen LogP contribution in [0.2, 0.25) is 0 Å². The number of anilines is 1. The van der Waals surface area contributed by atoms with Crippen LogP contribution >= 0.6 is 11.3 Å². The molecule has 0 atom stereocenters. The van der Waals surface area contributed by atoms with E-state index in [0.717, 1.165) is 33.8 Å². The van der Waals surface area contributed by atoms with Crippen LogP contribution in [0, 0.1) is 20.8 Å². The fourth-order valence-corrected chi connectivity index (χ4v) is 3.58. The van der Waals surface area contributed by atoms with Gasteiger partial charge in [-0.05, 0) is 49.1 Å². The Morgan fingerprint density at radius 2 is 1.95 bits per heavy atom. The molecule has 0 bridgehead atoms. The number of fused-ring (bicyclic) bond motifs is 1. The predicted molar refractivity (Wildman–Crippen MR) is 85.3 cm³/mol. The molecule has 2 N–H and O–H groups in total. The lowest BCUT2D eigenvalue weighted by molar-refractivity contribution is 1.12. The van der Waals surface area contributed by atoms with Gasteiger partial charge in [0.1, 0.15) is 0 Å². The Labute approximate surface area is 122 Å². The third-order valence-corrected chi connectivity index (χ3v) is 4.99. The van der Waals surface area contributed by atoms with Crippen molar-refractivity contribution in [3.05, 3.63) is 51.8 Å². The third kappa shape index (κ3) is 2.06. The van der Waals surface area contributed by atoms with Gasteiger partial charge in [-0.1, -0.05) is 6.07 Å². The van der Waals surface area contributed by atoms with Crippen LogP contribution in [0.3, 0.4) is 0 Å². The standard InChI is InChI=1S/C16H17N3S/c1-9-10(2)15-16(11(3)14(9)17)20-13(19-15)7-12-5-4-6-18-8-12/h4-6,8H,7,17H2,1-3H3. The normalized spacial score (nSPS) is 11.2. The van der Waals surface area contributed by atoms with E-state index in [1.807, 2.05) is 12.3 Å². The molecule has 3 nitrogen and oxygen atoms in total. The predicted octanol–water partition coefficient (Wildman–Crippen LogP) is 3.79. The second kappa shape index (κ2) is 4.87. The number of aryl methyl sites for hydroxylation is 2. The average Bonchev–Trinajstić information content (AvgIpc) is 2.88. The zero-order valence-electron chi connectivity index (χ0n) is 11.9. The molecule has 0 radical (unpaired) electrons. The molecule has 0 unspecified atom stereocenters. The SMILES string of the molecule is Cc1c(N)c(C)c2sc(Cc3cccnc3)nc2c1C. The number of hydrogen-bond acceptors (Lipinski definition) is 4. The van der Waals surface area contributed by atoms with Crippen LogP contribution in [0.5, 0.6) is 0 Å². The topological polar surface area (TPSA) is 51.8 Å². The van der Waals surface area contributed by atoms with E-state index in [4.69, 9.17) is 10.7 Å². The molecule has 1 aromatic carbocycles. The number of aromatic nitrogens is 2. The van der Waals surface area contributed by atoms with Crippen molar-refractivity contribution in [2.24, 2.45) is 0 Å². The van der Waals surface area contributed by atoms with E-state index in [1.54, 1.807) is 17.5 Å². The van der Waals surface area contributed by atoms with E-state index >= 15 is 0 Å². The first kappa shape index (κ1) is 13.1. The first-order valence-corrected chi connectivity index (χ1v) is 7.43. The second-order valence-corrected chi connectivity index (χ2v) is 6.20. The van der Waals surface area contributed by atoms with Crippen molar-refractivity contribution in [2.75, 3.05) is 5.73 Å². The number of rotatable bonds is 2. The first-order chi connectivity index (χ1) is 9.58. The number of thiazole rings is 1. The number of nitrogens with two attached hydrogens (primary N) is 1. The van der Waals surface area contributed by atoms with Gasteiger partial charge in [-0.3, -0.25) is 4.98 Å². The highest BCUT2D eigenvalue weighted by atomic mass is 32.1. The van der Waals surface area contributed by atoms with Crippen LogP contribution < -0.4 is 5.73 Å². The molecule has 20 heavy (non-hydrogen) atoms. The largest absolute Gasteiger partial charge is 0.398 e. The summed E-state index contributed by atoms with van der Waals surface area (Å²) in [6, 6.07) is 4.04. The van der Waals surface area contributed by atoms with Gasteiger partial charge in [0, 0.05) is 24.5 Å². The minimum atomic E-state index is 0.824. The minimum absolute atomic E-state index is 0.824. The van der Waals surface area contributed by atoms with E-state index in [9.17, 15) is 0 Å². The van der Waals surface area contributed by atoms with Gasteiger partial charge in [-0.25, -0.2) is 4.98 Å². The highest BCUT2D eigenvalue weighted by Crippen LogP contribution is 2.35. The van der Waals surface area contributed by atoms with Crippen LogP contribution in [-0.4, -0.2) is 9.97 Å². The molecule has 0 aliphatic carbocycles. The lowest BCUT2D eigenvalue weighted by Crippen LogP contribution is -1.97. The van der Waals surface area contributed by atoms with Crippen molar-refractivity contribution in [3.63, 3.8) is 0 Å². The summed E-state index contributed by atoms with van der Waals surface area (Å²) in [5, 5.41) is 1.12. The molecule has 2 aromatic heterocycles. The van der Waals surface area contributed by atoms with Crippen molar-refractivity contribution in [2.45, 2.75) is 27.2 Å². The van der Waals surface area contributed by atoms with E-state index in [-0.39, 0.29) is 0 Å². The number of benzene rings is 1. The second-order valence-electron chi connectivity index (χ2n) is 5.11. The molecule has 3 aromatic rings. The number of hydrogen-bond donors (Lipinski definition) is 1. The summed E-state index contributed by atoms with van der Waals surface area (Å²) in [4.78, 5) is 8.96. The number of pyridine rings is 1. The van der Waals surface area contributed by atoms with Crippen molar-refractivity contribution in [1.29, 1.82) is 0 Å². The van der Waals surface area contributed by atoms with Crippen LogP contribution in [0.25, 0.3) is 10.2 Å². The molecular formula is C16H17N3S. The molecule has 102 valence electrons. The van der Waals surface area contributed by atoms with E-state index in [0.29, 0.717) is 0 Å². The third-order valence-electron chi connectivity index (χ3n) is 3.82. The molecular weight excluding hydrogens is 266 g/mol. The molecule has 0 fully saturated rings. The highest BCUT2D eigenvalue weighted by molar-refractivity contribution is 7.18. The summed E-state index contributed by atoms with van der Waals surface area (Å²) in [5.74, 6) is 0. The molecule has 0 aliphatic heterocycles. The van der Waals surface area contributed by atoms with Crippen LogP contribution in [0.4, 0.5) is 5.69 Å². The van der Waals surface area contributed by atoms with Crippen LogP contribution in [0.15, 0.2) is 24.5 Å². The molecule has 0 amide bonds. The fourth-order valence-electron chi connectivity index (χ4n) is 2.41. The average molecular weight is 283 g/mol. The maximum atomic E-state index is 6.18. The minimum Gasteiger partial charge on any atom is -0.398 e. The van der Waals surface area contributed by atoms with Gasteiger partial charge in [0.05, 0.1) is 15.2 Å². The Bertz CT molecular complexity index is 731. The highest BCUT2D eigenvalue weighted by Gasteiger charge is 2.14. The van der Waals surface area contributed by atoms with Gasteiger partial charge in [0.15, 0.2) is 0 Å². The zero-order chi connectivity index (χ0) is 14.3. The van der Waals surface area contributed by atoms with Gasteiger partial charge >= 0.3 is 0 Å². The van der Waals surface area contributed by atoms with Gasteiger partial charge in [0.25, 0.3) is 0 Å². The van der Waals surface area contributed by atoms with Crippen LogP contribution in [0.1, 0.15) is 27.3 Å². The van der Waals surface area contributed by atoms with E-state index in [2.05, 4.69) is 31.8 Å². The summed E-state index contributed by atoms with van der Waals surface area (Å²) >= 11 is 1.74. The Kier molecular flexibility index (Phi) is 3.18. The Morgan fingerprint density at radius 1 is 1.15 bits per heavy atom. The summed E-state index contributed by atoms with van der Waals surface area (Å²) in [5.41, 5.74) is 12.8. The van der Waals surface area contributed by atoms with Gasteiger partial charge < -0.3 is 5.73 Å². The van der Waals surface area contributed by atoms with Gasteiger partial charge in [-0.2, -0.15) is 0 Å². The first-order valence-electron chi connectivity index (χ1n) is 6.61. The van der Waals surface area contributed by atoms with Gasteiger partial charge in [0.2, 0.25) is 0 Å². The molecule has 2 heterocycles. The van der Waals surface area contributed by atoms with Crippen molar-refractivity contribution >= 4 is 27.2 Å². The molecule has 0 aliphatic rings. The smallest absolute Gasteiger partial charge is 0.0983 e. The van der Waals surface area contributed by atoms with Crippen molar-refractivity contribution in [3.8, 4) is 0 Å². The van der Waals surface area contributed by atoms with E-state index in [1.165, 1.54) is 15.8 Å². The van der Waals surface area contributed by atoms with Crippen LogP contribution in [-0.2, 0) is 6.42 Å². The molecule has 3 rings (SSSR count). The lowest BCUT2D eigenvalue weighted by Gasteiger charge is -2.08. The maximum Gasteiger partial charge on any atom is 0.0983 e. The number of nitrogens with zero attached hydrogens (tertiary/aromatic N) is 2. The molecule has 0 spiro atoms. The maximum absolute atomic E-state index is 6.18. The summed E-state index contributed by atoms with van der Waals surface area (Å²) in [7, 11) is 0. The van der Waals surface area contributed by atoms with Gasteiger partial charge in [-0.15, -0.1) is 11.3 Å². The summed E-state index contributed by atoms with van der Waals surface area (Å²) in [6.07, 6.45) is 4.51. The van der Waals surface area contributed by atoms with E-state index < -0.39 is 0 Å². The molecule has 0 saturated heterocycles. The molecule has 4 heteroatoms.